The van der Waals surface area contributed by atoms with Gasteiger partial charge in [0.2, 0.25) is 11.9 Å². The molecule has 31 heavy (non-hydrogen) atoms. The maximum atomic E-state index is 13.1. The van der Waals surface area contributed by atoms with Crippen LogP contribution in [0.5, 0.6) is 0 Å². The number of anilines is 1. The van der Waals surface area contributed by atoms with Gasteiger partial charge in [-0.1, -0.05) is 0 Å². The van der Waals surface area contributed by atoms with Gasteiger partial charge in [-0.3, -0.25) is 9.59 Å². The Kier molecular flexibility index (Phi) is 6.52. The van der Waals surface area contributed by atoms with Gasteiger partial charge in [0.05, 0.1) is 29.7 Å². The smallest absolute Gasteiger partial charge is 0.263 e. The van der Waals surface area contributed by atoms with Crippen LogP contribution in [0, 0.1) is 12.8 Å². The third kappa shape index (κ3) is 4.88. The number of thiophene rings is 1. The molecule has 0 aliphatic carbocycles. The number of likely N-dealkylation sites (tertiary alicyclic amines) is 1. The summed E-state index contributed by atoms with van der Waals surface area (Å²) in [6.45, 7) is 9.52. The number of hydrogen-bond donors (Lipinski definition) is 1. The zero-order valence-electron chi connectivity index (χ0n) is 18.2. The molecule has 2 aliphatic rings. The number of ether oxygens (including phenoxy) is 1. The van der Waals surface area contributed by atoms with Crippen LogP contribution in [0.15, 0.2) is 24.4 Å². The summed E-state index contributed by atoms with van der Waals surface area (Å²) in [5.41, 5.74) is 0.804. The second kappa shape index (κ2) is 9.32. The van der Waals surface area contributed by atoms with Gasteiger partial charge in [-0.05, 0) is 39.0 Å². The van der Waals surface area contributed by atoms with Gasteiger partial charge < -0.3 is 19.9 Å². The molecule has 0 aromatic carbocycles. The average molecular weight is 444 g/mol. The molecular formula is C22H29N5O3S. The van der Waals surface area contributed by atoms with Gasteiger partial charge in [-0.2, -0.15) is 0 Å². The number of carbonyl (C=O) groups is 2. The SMILES string of the molecule is Cc1ccc(C(=O)N2C[C@H](C(=O)NC(C)C)[C@@H](c3ccnc(N4CCOCC4)n3)C2)s1. The van der Waals surface area contributed by atoms with Crippen molar-refractivity contribution in [2.45, 2.75) is 32.7 Å². The van der Waals surface area contributed by atoms with Crippen LogP contribution < -0.4 is 10.2 Å². The highest BCUT2D eigenvalue weighted by atomic mass is 32.1. The predicted molar refractivity (Wildman–Crippen MR) is 120 cm³/mol. The molecule has 0 radical (unpaired) electrons. The molecule has 2 atom stereocenters. The van der Waals surface area contributed by atoms with Gasteiger partial charge in [0.25, 0.3) is 5.91 Å². The summed E-state index contributed by atoms with van der Waals surface area (Å²) in [6.07, 6.45) is 1.75. The minimum atomic E-state index is -0.347. The number of aryl methyl sites for hydroxylation is 1. The Labute approximate surface area is 186 Å². The molecule has 0 bridgehead atoms. The molecule has 8 nitrogen and oxygen atoms in total. The number of amides is 2. The predicted octanol–water partition coefficient (Wildman–Crippen LogP) is 2.06. The highest BCUT2D eigenvalue weighted by Gasteiger charge is 2.42. The Bertz CT molecular complexity index is 941. The molecule has 0 spiro atoms. The molecule has 4 heterocycles. The first-order valence-electron chi connectivity index (χ1n) is 10.7. The van der Waals surface area contributed by atoms with Crippen molar-refractivity contribution in [2.75, 3.05) is 44.3 Å². The zero-order valence-corrected chi connectivity index (χ0v) is 19.0. The van der Waals surface area contributed by atoms with Gasteiger partial charge >= 0.3 is 0 Å². The van der Waals surface area contributed by atoms with Gasteiger partial charge in [0.15, 0.2) is 0 Å². The van der Waals surface area contributed by atoms with Gasteiger partial charge in [-0.15, -0.1) is 11.3 Å². The second-order valence-electron chi connectivity index (χ2n) is 8.38. The first-order valence-corrected chi connectivity index (χ1v) is 11.6. The fraction of sp³-hybridized carbons (Fsp3) is 0.545. The van der Waals surface area contributed by atoms with E-state index < -0.39 is 0 Å². The molecule has 9 heteroatoms. The lowest BCUT2D eigenvalue weighted by Crippen LogP contribution is -2.39. The number of aromatic nitrogens is 2. The largest absolute Gasteiger partial charge is 0.378 e. The molecule has 2 saturated heterocycles. The van der Waals surface area contributed by atoms with Crippen LogP contribution in [0.25, 0.3) is 0 Å². The first-order chi connectivity index (χ1) is 14.9. The van der Waals surface area contributed by atoms with Crippen molar-refractivity contribution in [2.24, 2.45) is 5.92 Å². The number of morpholine rings is 1. The number of rotatable bonds is 5. The van der Waals surface area contributed by atoms with Crippen LogP contribution >= 0.6 is 11.3 Å². The minimum absolute atomic E-state index is 0.0228. The molecule has 0 unspecified atom stereocenters. The van der Waals surface area contributed by atoms with Crippen LogP contribution in [0.1, 0.15) is 40.0 Å². The monoisotopic (exact) mass is 443 g/mol. The molecule has 2 amide bonds. The Morgan fingerprint density at radius 3 is 2.65 bits per heavy atom. The van der Waals surface area contributed by atoms with E-state index in [1.54, 1.807) is 11.1 Å². The maximum Gasteiger partial charge on any atom is 0.263 e. The topological polar surface area (TPSA) is 87.7 Å². The van der Waals surface area contributed by atoms with Gasteiger partial charge in [0.1, 0.15) is 0 Å². The van der Waals surface area contributed by atoms with Crippen LogP contribution in [-0.2, 0) is 9.53 Å². The Morgan fingerprint density at radius 2 is 1.97 bits per heavy atom. The molecule has 2 aromatic heterocycles. The van der Waals surface area contributed by atoms with E-state index in [1.807, 2.05) is 39.0 Å². The van der Waals surface area contributed by atoms with E-state index in [9.17, 15) is 9.59 Å². The molecule has 4 rings (SSSR count). The summed E-state index contributed by atoms with van der Waals surface area (Å²) in [5, 5.41) is 3.02. The standard InChI is InChI=1S/C22H29N5O3S/c1-14(2)24-20(28)17-13-27(21(29)19-5-4-15(3)31-19)12-16(17)18-6-7-23-22(25-18)26-8-10-30-11-9-26/h4-7,14,16-17H,8-13H2,1-3H3,(H,24,28)/t16-,17-/m0/s1. The van der Waals surface area contributed by atoms with Crippen LogP contribution in [0.4, 0.5) is 5.95 Å². The summed E-state index contributed by atoms with van der Waals surface area (Å²) in [6, 6.07) is 5.72. The summed E-state index contributed by atoms with van der Waals surface area (Å²) >= 11 is 1.49. The number of nitrogens with zero attached hydrogens (tertiary/aromatic N) is 4. The van der Waals surface area contributed by atoms with Crippen molar-refractivity contribution >= 4 is 29.1 Å². The van der Waals surface area contributed by atoms with Crippen molar-refractivity contribution in [1.29, 1.82) is 0 Å². The lowest BCUT2D eigenvalue weighted by atomic mass is 9.91. The highest BCUT2D eigenvalue weighted by molar-refractivity contribution is 7.13. The van der Waals surface area contributed by atoms with Crippen LogP contribution in [0.3, 0.4) is 0 Å². The molecule has 1 N–H and O–H groups in total. The fourth-order valence-corrected chi connectivity index (χ4v) is 4.95. The van der Waals surface area contributed by atoms with Crippen molar-refractivity contribution in [1.82, 2.24) is 20.2 Å². The molecule has 2 aliphatic heterocycles. The lowest BCUT2D eigenvalue weighted by molar-refractivity contribution is -0.125. The Hall–Kier alpha value is -2.52. The first kappa shape index (κ1) is 21.7. The fourth-order valence-electron chi connectivity index (χ4n) is 4.12. The van der Waals surface area contributed by atoms with E-state index in [1.165, 1.54) is 11.3 Å². The van der Waals surface area contributed by atoms with Crippen molar-refractivity contribution in [3.8, 4) is 0 Å². The minimum Gasteiger partial charge on any atom is -0.378 e. The van der Waals surface area contributed by atoms with E-state index in [0.717, 1.165) is 23.7 Å². The third-order valence-corrected chi connectivity index (χ3v) is 6.65. The van der Waals surface area contributed by atoms with Crippen molar-refractivity contribution < 1.29 is 14.3 Å². The highest BCUT2D eigenvalue weighted by Crippen LogP contribution is 2.34. The number of hydrogen-bond acceptors (Lipinski definition) is 7. The van der Waals surface area contributed by atoms with E-state index in [4.69, 9.17) is 9.72 Å². The van der Waals surface area contributed by atoms with E-state index in [0.29, 0.717) is 37.1 Å². The van der Waals surface area contributed by atoms with E-state index in [-0.39, 0.29) is 29.7 Å². The number of carbonyl (C=O) groups excluding carboxylic acids is 2. The molecule has 166 valence electrons. The van der Waals surface area contributed by atoms with E-state index in [2.05, 4.69) is 15.2 Å². The summed E-state index contributed by atoms with van der Waals surface area (Å²) < 4.78 is 5.43. The lowest BCUT2D eigenvalue weighted by Gasteiger charge is -2.27. The van der Waals surface area contributed by atoms with Gasteiger partial charge in [-0.25, -0.2) is 9.97 Å². The van der Waals surface area contributed by atoms with E-state index >= 15 is 0 Å². The van der Waals surface area contributed by atoms with Crippen molar-refractivity contribution in [3.63, 3.8) is 0 Å². The zero-order chi connectivity index (χ0) is 22.0. The maximum absolute atomic E-state index is 13.1. The average Bonchev–Trinajstić information content (AvgIpc) is 3.40. The second-order valence-corrected chi connectivity index (χ2v) is 9.67. The molecule has 2 fully saturated rings. The molecule has 2 aromatic rings. The molecular weight excluding hydrogens is 414 g/mol. The third-order valence-electron chi connectivity index (χ3n) is 5.66. The normalized spacial score (nSPS) is 21.5. The molecule has 0 saturated carbocycles. The van der Waals surface area contributed by atoms with Crippen molar-refractivity contribution in [3.05, 3.63) is 39.8 Å². The summed E-state index contributed by atoms with van der Waals surface area (Å²) in [5.74, 6) is 0.0727. The Balaban J connectivity index is 1.60. The quantitative estimate of drug-likeness (QED) is 0.761. The Morgan fingerprint density at radius 1 is 1.19 bits per heavy atom. The van der Waals surface area contributed by atoms with Crippen LogP contribution in [0.2, 0.25) is 0 Å². The summed E-state index contributed by atoms with van der Waals surface area (Å²) in [7, 11) is 0. The summed E-state index contributed by atoms with van der Waals surface area (Å²) in [4.78, 5) is 41.0. The van der Waals surface area contributed by atoms with Crippen LogP contribution in [-0.4, -0.2) is 72.1 Å². The number of nitrogens with one attached hydrogen (secondary N) is 1. The van der Waals surface area contributed by atoms with Gasteiger partial charge in [0, 0.05) is 49.2 Å².